The Labute approximate surface area is 142 Å². The fraction of sp³-hybridized carbons (Fsp3) is 0.471. The molecule has 0 saturated carbocycles. The molecular formula is C17H24N2O4Si. The van der Waals surface area contributed by atoms with Crippen molar-refractivity contribution in [2.75, 3.05) is 13.2 Å². The Kier molecular flexibility index (Phi) is 5.90. The second-order valence-corrected chi connectivity index (χ2v) is 12.4. The van der Waals surface area contributed by atoms with Crippen LogP contribution in [0.5, 0.6) is 0 Å². The lowest BCUT2D eigenvalue weighted by molar-refractivity contribution is 0.0524. The van der Waals surface area contributed by atoms with Crippen LogP contribution in [0.1, 0.15) is 17.3 Å². The predicted molar refractivity (Wildman–Crippen MR) is 96.1 cm³/mol. The first-order chi connectivity index (χ1) is 11.3. The quantitative estimate of drug-likeness (QED) is 0.437. The highest BCUT2D eigenvalue weighted by molar-refractivity contribution is 6.76. The van der Waals surface area contributed by atoms with E-state index in [1.54, 1.807) is 19.1 Å². The minimum Gasteiger partial charge on any atom is -0.462 e. The number of nitrogens with zero attached hydrogens (tertiary/aromatic N) is 2. The van der Waals surface area contributed by atoms with Crippen LogP contribution in [-0.2, 0) is 16.2 Å². The largest absolute Gasteiger partial charge is 0.462 e. The Bertz CT molecular complexity index is 780. The maximum Gasteiger partial charge on any atom is 0.340 e. The van der Waals surface area contributed by atoms with Crippen molar-refractivity contribution in [1.29, 1.82) is 0 Å². The zero-order valence-electron chi connectivity index (χ0n) is 14.7. The molecule has 6 nitrogen and oxygen atoms in total. The molecule has 0 aliphatic carbocycles. The van der Waals surface area contributed by atoms with Crippen LogP contribution in [0, 0.1) is 0 Å². The van der Waals surface area contributed by atoms with Gasteiger partial charge < -0.3 is 9.47 Å². The van der Waals surface area contributed by atoms with Gasteiger partial charge in [0, 0.05) is 32.5 Å². The third-order valence-electron chi connectivity index (χ3n) is 3.57. The Morgan fingerprint density at radius 2 is 2.08 bits per heavy atom. The monoisotopic (exact) mass is 348 g/mol. The van der Waals surface area contributed by atoms with Crippen LogP contribution in [0.4, 0.5) is 0 Å². The Hall–Kier alpha value is -1.99. The first-order valence-electron chi connectivity index (χ1n) is 8.06. The minimum absolute atomic E-state index is 0.0994. The van der Waals surface area contributed by atoms with E-state index in [0.29, 0.717) is 17.6 Å². The normalized spacial score (nSPS) is 11.7. The summed E-state index contributed by atoms with van der Waals surface area (Å²) in [5.41, 5.74) is 0.303. The van der Waals surface area contributed by atoms with Gasteiger partial charge in [0.1, 0.15) is 12.2 Å². The standard InChI is InChI=1S/C17H24N2O4Si/c1-5-23-17(21)14-11-19(12-22-9-10-24(2,3)4)16(20)15-13(14)7-6-8-18-15/h6-8,11H,5,9-10,12H2,1-4H3. The molecule has 0 amide bonds. The zero-order chi connectivity index (χ0) is 17.7. The number of pyridine rings is 2. The summed E-state index contributed by atoms with van der Waals surface area (Å²) >= 11 is 0. The van der Waals surface area contributed by atoms with Crippen molar-refractivity contribution in [3.8, 4) is 0 Å². The molecule has 0 aliphatic rings. The highest BCUT2D eigenvalue weighted by Crippen LogP contribution is 2.15. The maximum absolute atomic E-state index is 12.5. The smallest absolute Gasteiger partial charge is 0.340 e. The van der Waals surface area contributed by atoms with Crippen LogP contribution in [0.2, 0.25) is 25.7 Å². The van der Waals surface area contributed by atoms with Gasteiger partial charge in [0.2, 0.25) is 0 Å². The summed E-state index contributed by atoms with van der Waals surface area (Å²) in [7, 11) is -1.19. The maximum atomic E-state index is 12.5. The Balaban J connectivity index is 2.31. The lowest BCUT2D eigenvalue weighted by atomic mass is 10.1. The van der Waals surface area contributed by atoms with E-state index < -0.39 is 14.0 Å². The molecule has 2 aromatic heterocycles. The molecule has 2 rings (SSSR count). The molecule has 0 N–H and O–H groups in total. The van der Waals surface area contributed by atoms with E-state index in [0.717, 1.165) is 6.04 Å². The van der Waals surface area contributed by atoms with Crippen molar-refractivity contribution in [3.05, 3.63) is 40.4 Å². The predicted octanol–water partition coefficient (Wildman–Crippen LogP) is 2.89. The van der Waals surface area contributed by atoms with Crippen molar-refractivity contribution in [1.82, 2.24) is 9.55 Å². The second-order valence-electron chi connectivity index (χ2n) is 6.79. The molecule has 0 saturated heterocycles. The summed E-state index contributed by atoms with van der Waals surface area (Å²) in [6.07, 6.45) is 3.04. The van der Waals surface area contributed by atoms with Gasteiger partial charge in [-0.2, -0.15) is 0 Å². The van der Waals surface area contributed by atoms with Gasteiger partial charge in [-0.1, -0.05) is 25.7 Å². The topological polar surface area (TPSA) is 70.4 Å². The number of ether oxygens (including phenoxy) is 2. The van der Waals surface area contributed by atoms with Crippen LogP contribution in [-0.4, -0.2) is 36.8 Å². The summed E-state index contributed by atoms with van der Waals surface area (Å²) < 4.78 is 12.1. The molecule has 0 aliphatic heterocycles. The summed E-state index contributed by atoms with van der Waals surface area (Å²) in [5.74, 6) is -0.466. The highest BCUT2D eigenvalue weighted by atomic mass is 28.3. The molecule has 2 aromatic rings. The lowest BCUT2D eigenvalue weighted by Crippen LogP contribution is -2.26. The van der Waals surface area contributed by atoms with Crippen LogP contribution in [0.15, 0.2) is 29.3 Å². The number of carbonyl (C=O) groups excluding carboxylic acids is 1. The van der Waals surface area contributed by atoms with Gasteiger partial charge in [0.05, 0.1) is 12.2 Å². The summed E-state index contributed by atoms with van der Waals surface area (Å²) in [6, 6.07) is 4.41. The molecule has 0 aromatic carbocycles. The Morgan fingerprint density at radius 1 is 1.33 bits per heavy atom. The van der Waals surface area contributed by atoms with Crippen molar-refractivity contribution < 1.29 is 14.3 Å². The van der Waals surface area contributed by atoms with E-state index in [9.17, 15) is 9.59 Å². The zero-order valence-corrected chi connectivity index (χ0v) is 15.7. The fourth-order valence-electron chi connectivity index (χ4n) is 2.22. The van der Waals surface area contributed by atoms with Gasteiger partial charge in [0.25, 0.3) is 5.56 Å². The molecule has 0 unspecified atom stereocenters. The molecule has 130 valence electrons. The Morgan fingerprint density at radius 3 is 2.75 bits per heavy atom. The number of hydrogen-bond donors (Lipinski definition) is 0. The number of rotatable bonds is 7. The molecule has 0 fully saturated rings. The van der Waals surface area contributed by atoms with Crippen LogP contribution in [0.25, 0.3) is 10.9 Å². The lowest BCUT2D eigenvalue weighted by Gasteiger charge is -2.16. The van der Waals surface area contributed by atoms with Gasteiger partial charge >= 0.3 is 5.97 Å². The van der Waals surface area contributed by atoms with E-state index >= 15 is 0 Å². The first kappa shape index (κ1) is 18.3. The molecule has 0 bridgehead atoms. The van der Waals surface area contributed by atoms with Gasteiger partial charge in [-0.05, 0) is 19.0 Å². The molecule has 24 heavy (non-hydrogen) atoms. The van der Waals surface area contributed by atoms with Crippen molar-refractivity contribution in [2.24, 2.45) is 0 Å². The van der Waals surface area contributed by atoms with Crippen molar-refractivity contribution in [3.63, 3.8) is 0 Å². The number of carbonyl (C=O) groups is 1. The van der Waals surface area contributed by atoms with Gasteiger partial charge in [-0.25, -0.2) is 4.79 Å². The van der Waals surface area contributed by atoms with Crippen molar-refractivity contribution >= 4 is 24.9 Å². The van der Waals surface area contributed by atoms with Gasteiger partial charge in [-0.15, -0.1) is 0 Å². The minimum atomic E-state index is -1.19. The second kappa shape index (κ2) is 7.72. The van der Waals surface area contributed by atoms with Crippen LogP contribution >= 0.6 is 0 Å². The average Bonchev–Trinajstić information content (AvgIpc) is 2.52. The van der Waals surface area contributed by atoms with E-state index in [-0.39, 0.29) is 24.4 Å². The average molecular weight is 348 g/mol. The molecule has 0 spiro atoms. The third-order valence-corrected chi connectivity index (χ3v) is 5.27. The fourth-order valence-corrected chi connectivity index (χ4v) is 2.98. The number of fused-ring (bicyclic) bond motifs is 1. The van der Waals surface area contributed by atoms with Crippen LogP contribution in [0.3, 0.4) is 0 Å². The highest BCUT2D eigenvalue weighted by Gasteiger charge is 2.17. The van der Waals surface area contributed by atoms with Gasteiger partial charge in [-0.3, -0.25) is 14.3 Å². The molecule has 0 atom stereocenters. The van der Waals surface area contributed by atoms with Crippen molar-refractivity contribution in [2.45, 2.75) is 39.3 Å². The first-order valence-corrected chi connectivity index (χ1v) is 11.8. The third kappa shape index (κ3) is 4.52. The van der Waals surface area contributed by atoms with E-state index in [1.165, 1.54) is 17.0 Å². The number of esters is 1. The molecule has 2 heterocycles. The van der Waals surface area contributed by atoms with E-state index in [2.05, 4.69) is 24.6 Å². The number of hydrogen-bond acceptors (Lipinski definition) is 5. The SMILES string of the molecule is CCOC(=O)c1cn(COCC[Si](C)(C)C)c(=O)c2ncccc12. The summed E-state index contributed by atoms with van der Waals surface area (Å²) in [4.78, 5) is 28.8. The van der Waals surface area contributed by atoms with E-state index in [1.807, 2.05) is 0 Å². The molecule has 7 heteroatoms. The molecular weight excluding hydrogens is 324 g/mol. The van der Waals surface area contributed by atoms with Crippen LogP contribution < -0.4 is 5.56 Å². The number of aromatic nitrogens is 2. The van der Waals surface area contributed by atoms with E-state index in [4.69, 9.17) is 9.47 Å². The molecule has 0 radical (unpaired) electrons. The summed E-state index contributed by atoms with van der Waals surface area (Å²) in [6.45, 7) is 9.50. The summed E-state index contributed by atoms with van der Waals surface area (Å²) in [5, 5.41) is 0.499. The van der Waals surface area contributed by atoms with Gasteiger partial charge in [0.15, 0.2) is 0 Å².